The lowest BCUT2D eigenvalue weighted by molar-refractivity contribution is 0.865. The third kappa shape index (κ3) is 2.87. The van der Waals surface area contributed by atoms with E-state index in [2.05, 4.69) is 67.7 Å². The number of rotatable bonds is 5. The maximum Gasteiger partial charge on any atom is 0.0403 e. The van der Waals surface area contributed by atoms with Gasteiger partial charge in [0.15, 0.2) is 0 Å². The predicted molar refractivity (Wildman–Crippen MR) is 86.3 cm³/mol. The van der Waals surface area contributed by atoms with E-state index in [9.17, 15) is 0 Å². The molecule has 2 aromatic rings. The molecule has 0 atom stereocenters. The predicted octanol–water partition coefficient (Wildman–Crippen LogP) is 5.30. The molecule has 1 N–H and O–H groups in total. The highest BCUT2D eigenvalue weighted by Crippen LogP contribution is 2.41. The van der Waals surface area contributed by atoms with Crippen molar-refractivity contribution in [2.75, 3.05) is 5.32 Å². The van der Waals surface area contributed by atoms with Crippen LogP contribution in [-0.4, -0.2) is 0 Å². The molecule has 0 saturated heterocycles. The minimum absolute atomic E-state index is 0.553. The van der Waals surface area contributed by atoms with Gasteiger partial charge < -0.3 is 5.32 Å². The van der Waals surface area contributed by atoms with Crippen molar-refractivity contribution < 1.29 is 0 Å². The van der Waals surface area contributed by atoms with E-state index in [0.29, 0.717) is 5.92 Å². The fraction of sp³-hybridized carbons (Fsp3) is 0.368. The van der Waals surface area contributed by atoms with Gasteiger partial charge in [-0.3, -0.25) is 0 Å². The van der Waals surface area contributed by atoms with Crippen molar-refractivity contribution in [2.45, 2.75) is 45.1 Å². The van der Waals surface area contributed by atoms with Crippen LogP contribution in [0.25, 0.3) is 0 Å². The van der Waals surface area contributed by atoms with Crippen LogP contribution in [0.4, 0.5) is 5.69 Å². The lowest BCUT2D eigenvalue weighted by Crippen LogP contribution is -2.05. The Labute approximate surface area is 122 Å². The molecule has 0 aromatic heterocycles. The van der Waals surface area contributed by atoms with Crippen molar-refractivity contribution in [1.29, 1.82) is 0 Å². The molecule has 0 bridgehead atoms. The van der Waals surface area contributed by atoms with Gasteiger partial charge in [-0.05, 0) is 47.4 Å². The number of nitrogens with one attached hydrogen (secondary N) is 1. The van der Waals surface area contributed by atoms with E-state index in [1.54, 1.807) is 5.56 Å². The van der Waals surface area contributed by atoms with Crippen LogP contribution in [-0.2, 0) is 6.54 Å². The van der Waals surface area contributed by atoms with E-state index in [4.69, 9.17) is 0 Å². The average molecular weight is 265 g/mol. The fourth-order valence-electron chi connectivity index (χ4n) is 2.84. The smallest absolute Gasteiger partial charge is 0.0403 e. The van der Waals surface area contributed by atoms with Crippen LogP contribution < -0.4 is 5.32 Å². The van der Waals surface area contributed by atoms with E-state index >= 15 is 0 Å². The number of para-hydroxylation sites is 1. The van der Waals surface area contributed by atoms with Crippen molar-refractivity contribution in [3.05, 3.63) is 65.2 Å². The van der Waals surface area contributed by atoms with Crippen molar-refractivity contribution in [3.8, 4) is 0 Å². The lowest BCUT2D eigenvalue weighted by atomic mass is 10.00. The second-order valence-electron chi connectivity index (χ2n) is 6.07. The highest BCUT2D eigenvalue weighted by molar-refractivity contribution is 5.53. The van der Waals surface area contributed by atoms with Crippen LogP contribution in [0.3, 0.4) is 0 Å². The number of hydrogen-bond acceptors (Lipinski definition) is 1. The normalized spacial score (nSPS) is 14.6. The van der Waals surface area contributed by atoms with Crippen LogP contribution >= 0.6 is 0 Å². The summed E-state index contributed by atoms with van der Waals surface area (Å²) in [6.45, 7) is 5.42. The lowest BCUT2D eigenvalue weighted by Gasteiger charge is -2.16. The Morgan fingerprint density at radius 2 is 1.70 bits per heavy atom. The summed E-state index contributed by atoms with van der Waals surface area (Å²) in [5, 5.41) is 3.63. The van der Waals surface area contributed by atoms with Crippen molar-refractivity contribution >= 4 is 5.69 Å². The van der Waals surface area contributed by atoms with Gasteiger partial charge in [0.2, 0.25) is 0 Å². The Kier molecular flexibility index (Phi) is 3.77. The van der Waals surface area contributed by atoms with Crippen molar-refractivity contribution in [1.82, 2.24) is 0 Å². The third-order valence-electron chi connectivity index (χ3n) is 4.12. The Morgan fingerprint density at radius 1 is 1.00 bits per heavy atom. The second-order valence-corrected chi connectivity index (χ2v) is 6.07. The Hall–Kier alpha value is -1.76. The summed E-state index contributed by atoms with van der Waals surface area (Å²) in [7, 11) is 0. The molecule has 20 heavy (non-hydrogen) atoms. The number of benzene rings is 2. The Balaban J connectivity index is 1.77. The second kappa shape index (κ2) is 5.70. The SMILES string of the molecule is CC(C)c1ccccc1NCc1ccccc1C1CC1. The zero-order chi connectivity index (χ0) is 13.9. The molecule has 1 aliphatic carbocycles. The Morgan fingerprint density at radius 3 is 2.45 bits per heavy atom. The molecule has 0 spiro atoms. The minimum atomic E-state index is 0.553. The first-order valence-electron chi connectivity index (χ1n) is 7.66. The van der Waals surface area contributed by atoms with Gasteiger partial charge in [-0.25, -0.2) is 0 Å². The standard InChI is InChI=1S/C19H23N/c1-14(2)17-8-5-6-10-19(17)20-13-16-7-3-4-9-18(16)15-11-12-15/h3-10,14-15,20H,11-13H2,1-2H3. The summed E-state index contributed by atoms with van der Waals surface area (Å²) >= 11 is 0. The monoisotopic (exact) mass is 265 g/mol. The first-order valence-corrected chi connectivity index (χ1v) is 7.66. The molecule has 0 amide bonds. The Bertz CT molecular complexity index is 536. The molecule has 1 saturated carbocycles. The summed E-state index contributed by atoms with van der Waals surface area (Å²) in [5.74, 6) is 1.37. The van der Waals surface area contributed by atoms with Gasteiger partial charge in [0, 0.05) is 12.2 Å². The molecule has 2 aromatic carbocycles. The fourth-order valence-corrected chi connectivity index (χ4v) is 2.84. The maximum atomic E-state index is 3.63. The third-order valence-corrected chi connectivity index (χ3v) is 4.12. The van der Waals surface area contributed by atoms with Gasteiger partial charge in [-0.15, -0.1) is 0 Å². The molecule has 1 fully saturated rings. The zero-order valence-electron chi connectivity index (χ0n) is 12.4. The molecule has 0 radical (unpaired) electrons. The van der Waals surface area contributed by atoms with E-state index in [0.717, 1.165) is 12.5 Å². The van der Waals surface area contributed by atoms with E-state index < -0.39 is 0 Å². The van der Waals surface area contributed by atoms with Crippen LogP contribution in [0.1, 0.15) is 55.2 Å². The molecule has 0 unspecified atom stereocenters. The van der Waals surface area contributed by atoms with Gasteiger partial charge in [-0.1, -0.05) is 56.3 Å². The summed E-state index contributed by atoms with van der Waals surface area (Å²) in [6, 6.07) is 17.5. The van der Waals surface area contributed by atoms with Crippen LogP contribution in [0, 0.1) is 0 Å². The minimum Gasteiger partial charge on any atom is -0.381 e. The molecule has 0 heterocycles. The largest absolute Gasteiger partial charge is 0.381 e. The van der Waals surface area contributed by atoms with Gasteiger partial charge in [-0.2, -0.15) is 0 Å². The molecule has 0 aliphatic heterocycles. The summed E-state index contributed by atoms with van der Waals surface area (Å²) < 4.78 is 0. The van der Waals surface area contributed by atoms with E-state index in [1.165, 1.54) is 29.7 Å². The quantitative estimate of drug-likeness (QED) is 0.773. The molecule has 1 heteroatoms. The van der Waals surface area contributed by atoms with Crippen molar-refractivity contribution in [2.24, 2.45) is 0 Å². The summed E-state index contributed by atoms with van der Waals surface area (Å²) in [4.78, 5) is 0. The topological polar surface area (TPSA) is 12.0 Å². The highest BCUT2D eigenvalue weighted by atomic mass is 14.9. The molecule has 104 valence electrons. The van der Waals surface area contributed by atoms with Crippen LogP contribution in [0.2, 0.25) is 0 Å². The maximum absolute atomic E-state index is 3.63. The highest BCUT2D eigenvalue weighted by Gasteiger charge is 2.25. The van der Waals surface area contributed by atoms with E-state index in [-0.39, 0.29) is 0 Å². The molecular weight excluding hydrogens is 242 g/mol. The first kappa shape index (κ1) is 13.2. The van der Waals surface area contributed by atoms with Gasteiger partial charge >= 0.3 is 0 Å². The van der Waals surface area contributed by atoms with Crippen LogP contribution in [0.15, 0.2) is 48.5 Å². The van der Waals surface area contributed by atoms with Gasteiger partial charge in [0.1, 0.15) is 0 Å². The average Bonchev–Trinajstić information content (AvgIpc) is 3.30. The molecule has 1 aliphatic rings. The van der Waals surface area contributed by atoms with Gasteiger partial charge in [0.05, 0.1) is 0 Å². The summed E-state index contributed by atoms with van der Waals surface area (Å²) in [5.41, 5.74) is 5.67. The number of hydrogen-bond donors (Lipinski definition) is 1. The summed E-state index contributed by atoms with van der Waals surface area (Å²) in [6.07, 6.45) is 2.72. The van der Waals surface area contributed by atoms with Crippen LogP contribution in [0.5, 0.6) is 0 Å². The molecule has 3 rings (SSSR count). The first-order chi connectivity index (χ1) is 9.75. The van der Waals surface area contributed by atoms with Crippen molar-refractivity contribution in [3.63, 3.8) is 0 Å². The molecular formula is C19H23N. The van der Waals surface area contributed by atoms with E-state index in [1.807, 2.05) is 0 Å². The molecule has 1 nitrogen and oxygen atoms in total. The van der Waals surface area contributed by atoms with Gasteiger partial charge in [0.25, 0.3) is 0 Å². The number of anilines is 1. The zero-order valence-corrected chi connectivity index (χ0v) is 12.4.